The summed E-state index contributed by atoms with van der Waals surface area (Å²) in [5, 5.41) is 20.8. The van der Waals surface area contributed by atoms with Crippen molar-refractivity contribution in [3.05, 3.63) is 135 Å². The number of thiazole rings is 2. The third-order valence-corrected chi connectivity index (χ3v) is 23.4. The van der Waals surface area contributed by atoms with Crippen molar-refractivity contribution in [2.45, 2.75) is 170 Å². The molecule has 0 saturated carbocycles. The van der Waals surface area contributed by atoms with E-state index in [1.54, 1.807) is 70.8 Å². The number of aliphatic hydroxyl groups excluding tert-OH is 2. The number of ether oxygens (including phenoxy) is 2. The number of aromatic nitrogens is 16. The Kier molecular flexibility index (Phi) is 34.1. The van der Waals surface area contributed by atoms with E-state index in [2.05, 4.69) is 161 Å². The molecule has 0 atom stereocenters. The summed E-state index contributed by atoms with van der Waals surface area (Å²) in [5.74, 6) is 0.963. The van der Waals surface area contributed by atoms with Crippen LogP contribution in [-0.4, -0.2) is 138 Å². The molecular formula is C61H89Br5ClN17O12S2Si2. The van der Waals surface area contributed by atoms with Gasteiger partial charge in [0.05, 0.1) is 22.6 Å². The molecule has 10 heterocycles. The van der Waals surface area contributed by atoms with Crippen molar-refractivity contribution in [3.8, 4) is 0 Å². The van der Waals surface area contributed by atoms with Gasteiger partial charge in [0, 0.05) is 124 Å². The molecule has 0 aliphatic carbocycles. The minimum Gasteiger partial charge on any atom is -0.396 e. The van der Waals surface area contributed by atoms with Crippen LogP contribution in [0.25, 0.3) is 33.5 Å². The van der Waals surface area contributed by atoms with Crippen molar-refractivity contribution in [2.24, 2.45) is 33.2 Å². The van der Waals surface area contributed by atoms with Crippen molar-refractivity contribution in [2.75, 3.05) is 31.8 Å². The number of aromatic amines is 1. The number of fused-ring (bicyclic) bond motifs is 4. The Bertz CT molecular complexity index is 4800. The van der Waals surface area contributed by atoms with Gasteiger partial charge in [-0.15, -0.1) is 34.3 Å². The Hall–Kier alpha value is -4.98. The highest BCUT2D eigenvalue weighted by Crippen LogP contribution is 2.25. The van der Waals surface area contributed by atoms with Crippen LogP contribution in [-0.2, 0) is 89.6 Å². The summed E-state index contributed by atoms with van der Waals surface area (Å²) in [7, 11) is 4.06. The van der Waals surface area contributed by atoms with Gasteiger partial charge in [0.25, 0.3) is 22.2 Å². The van der Waals surface area contributed by atoms with E-state index in [1.807, 2.05) is 27.0 Å². The van der Waals surface area contributed by atoms with E-state index in [1.165, 1.54) is 40.6 Å². The Morgan fingerprint density at radius 2 is 0.990 bits per heavy atom. The zero-order valence-electron chi connectivity index (χ0n) is 58.7. The molecular weight excluding hydrogens is 1720 g/mol. The number of unbranched alkanes of at least 4 members (excludes halogenated alkanes) is 2. The second kappa shape index (κ2) is 39.8. The van der Waals surface area contributed by atoms with Crippen LogP contribution in [0.1, 0.15) is 77.7 Å². The number of hydrogen-bond donors (Lipinski definition) is 3. The largest absolute Gasteiger partial charge is 0.396 e. The minimum absolute atomic E-state index is 0.0487. The van der Waals surface area contributed by atoms with E-state index >= 15 is 0 Å². The van der Waals surface area contributed by atoms with Gasteiger partial charge in [-0.1, -0.05) is 81.9 Å². The first-order valence-electron chi connectivity index (χ1n) is 32.1. The average Bonchev–Trinajstić information content (AvgIpc) is 1.58. The van der Waals surface area contributed by atoms with Crippen molar-refractivity contribution in [1.82, 2.24) is 75.6 Å². The highest BCUT2D eigenvalue weighted by atomic mass is 79.9. The van der Waals surface area contributed by atoms with Crippen LogP contribution in [0, 0.1) is 13.8 Å². The minimum atomic E-state index is -1.17. The number of aryl methyl sites for hydroxylation is 5. The van der Waals surface area contributed by atoms with Gasteiger partial charge >= 0.3 is 22.8 Å². The summed E-state index contributed by atoms with van der Waals surface area (Å²) < 4.78 is 27.6. The smallest absolute Gasteiger partial charge is 0.332 e. The number of halogens is 6. The molecule has 0 bridgehead atoms. The number of rotatable bonds is 24. The summed E-state index contributed by atoms with van der Waals surface area (Å²) in [6.45, 7) is 24.7. The van der Waals surface area contributed by atoms with E-state index in [0.717, 1.165) is 54.3 Å². The molecule has 0 amide bonds. The van der Waals surface area contributed by atoms with Gasteiger partial charge < -0.3 is 24.3 Å². The molecule has 29 nitrogen and oxygen atoms in total. The maximum absolute atomic E-state index is 12.9. The second-order valence-electron chi connectivity index (χ2n) is 25.4. The van der Waals surface area contributed by atoms with Crippen molar-refractivity contribution in [3.63, 3.8) is 0 Å². The Labute approximate surface area is 633 Å². The SMILES string of the molecule is CCCCBr.CCCCn1c(=O)c2c(nc(Br)n2COCC[Si](C)(C)C)n(C)c1=O.Cc1cnc(CCl)s1.Cc1cnc(Cn2c(Br)nc3c2c(=O)n(CCCO)c(=O)n3C)s1.Cn1c(=O)[nH]c(=O)c2c1nc(Br)n2COCC[Si](C)(C)C.Cn1c2c(c(=O)n(CCCO)c1=O)CC(Br)=N2. The normalized spacial score (nSPS) is 11.9. The molecule has 100 heavy (non-hydrogen) atoms. The van der Waals surface area contributed by atoms with Gasteiger partial charge in [0.2, 0.25) is 0 Å². The number of alkyl halides is 2. The topological polar surface area (TPSA) is 337 Å². The van der Waals surface area contributed by atoms with E-state index in [9.17, 15) is 38.4 Å². The van der Waals surface area contributed by atoms with Crippen LogP contribution in [0.2, 0.25) is 51.4 Å². The molecule has 1 aliphatic heterocycles. The molecule has 0 saturated heterocycles. The summed E-state index contributed by atoms with van der Waals surface area (Å²) in [5.41, 5.74) is -0.496. The van der Waals surface area contributed by atoms with E-state index in [4.69, 9.17) is 31.3 Å². The van der Waals surface area contributed by atoms with E-state index in [-0.39, 0.29) is 56.6 Å². The van der Waals surface area contributed by atoms with Crippen molar-refractivity contribution >= 4 is 174 Å². The number of aliphatic imine (C=N–C) groups is 1. The van der Waals surface area contributed by atoms with Crippen LogP contribution in [0.3, 0.4) is 0 Å². The van der Waals surface area contributed by atoms with Gasteiger partial charge in [0.15, 0.2) is 47.7 Å². The first-order chi connectivity index (χ1) is 47.1. The van der Waals surface area contributed by atoms with Gasteiger partial charge in [-0.05, 0) is 115 Å². The third kappa shape index (κ3) is 23.0. The standard InChI is InChI=1S/C16H27BrN4O3Si.C14H16BrN5O3S.C12H19BrN4O3Si.C10H12BrN3O3.C5H6ClNS.C4H9Br/c1-6-7-8-20-14(22)12-13(19(2)16(20)23)18-15(17)21(12)11-24-9-10-25(3,4)5;1-8-6-16-9(24-8)7-20-10-11(17-13(20)15)18(2)14(23)19(12(10)22)4-3-5-21;1-16-9-8(10(18)15-12(16)19)17(11(13)14-9)7-20-5-6-21(2,3)4;1-13-8-6(5-7(11)12-8)9(16)14(10(13)17)3-2-4-15;1-4-3-7-5(2-6)8-4;1-2-3-4-5/h6-11H2,1-5H3;6,21H,3-5,7H2,1-2H3;5-7H2,1-4H3,(H,15,18,19);15H,2-5H2,1H3;3H,2H2,1H3;2-4H2,1H3. The fourth-order valence-electron chi connectivity index (χ4n) is 9.34. The number of aliphatic hydroxyl groups is 2. The lowest BCUT2D eigenvalue weighted by atomic mass is 10.2. The molecule has 0 radical (unpaired) electrons. The molecule has 552 valence electrons. The number of H-pyrrole nitrogens is 1. The van der Waals surface area contributed by atoms with Crippen LogP contribution in [0.4, 0.5) is 5.82 Å². The Morgan fingerprint density at radius 1 is 0.570 bits per heavy atom. The maximum atomic E-state index is 12.9. The summed E-state index contributed by atoms with van der Waals surface area (Å²) in [4.78, 5) is 128. The molecule has 0 spiro atoms. The van der Waals surface area contributed by atoms with Gasteiger partial charge in [-0.25, -0.2) is 49.1 Å². The number of nitrogens with zero attached hydrogens (tertiary/aromatic N) is 16. The average molecular weight is 1810 g/mol. The summed E-state index contributed by atoms with van der Waals surface area (Å²) in [6.07, 6.45) is 9.05. The molecule has 1 aliphatic rings. The maximum Gasteiger partial charge on any atom is 0.332 e. The van der Waals surface area contributed by atoms with E-state index in [0.29, 0.717) is 115 Å². The van der Waals surface area contributed by atoms with Gasteiger partial charge in [-0.2, -0.15) is 0 Å². The zero-order valence-corrected chi connectivity index (χ0v) is 71.0. The van der Waals surface area contributed by atoms with Crippen LogP contribution >= 0.6 is 114 Å². The number of hydrogen-bond acceptors (Lipinski definition) is 20. The predicted molar refractivity (Wildman–Crippen MR) is 420 cm³/mol. The molecule has 9 aromatic heterocycles. The number of nitrogens with one attached hydrogen (secondary N) is 1. The molecule has 9 aromatic rings. The zero-order chi connectivity index (χ0) is 74.7. The molecule has 0 fully saturated rings. The fourth-order valence-corrected chi connectivity index (χ4v) is 14.9. The molecule has 3 N–H and O–H groups in total. The summed E-state index contributed by atoms with van der Waals surface area (Å²) >= 11 is 25.3. The van der Waals surface area contributed by atoms with Crippen LogP contribution in [0.5, 0.6) is 0 Å². The lowest BCUT2D eigenvalue weighted by molar-refractivity contribution is 0.0881. The lowest BCUT2D eigenvalue weighted by Gasteiger charge is -2.16. The van der Waals surface area contributed by atoms with Gasteiger partial charge in [0.1, 0.15) is 29.3 Å². The molecule has 10 rings (SSSR count). The van der Waals surface area contributed by atoms with E-state index < -0.39 is 44.3 Å². The highest BCUT2D eigenvalue weighted by Gasteiger charge is 2.25. The van der Waals surface area contributed by atoms with Crippen LogP contribution < -0.4 is 45.0 Å². The quantitative estimate of drug-likeness (QED) is 0.0219. The lowest BCUT2D eigenvalue weighted by Crippen LogP contribution is -2.40. The molecule has 0 unspecified atom stereocenters. The van der Waals surface area contributed by atoms with Gasteiger partial charge in [-0.3, -0.25) is 65.3 Å². The van der Waals surface area contributed by atoms with Crippen LogP contribution in [0.15, 0.2) is 69.9 Å². The second-order valence-corrected chi connectivity index (χ2v) is 43.4. The third-order valence-electron chi connectivity index (χ3n) is 15.0. The Balaban J connectivity index is 0.000000228. The summed E-state index contributed by atoms with van der Waals surface area (Å²) in [6, 6.07) is 2.10. The fraction of sp³-hybridized carbons (Fsp3) is 0.574. The van der Waals surface area contributed by atoms with Crippen molar-refractivity contribution < 1.29 is 19.7 Å². The molecule has 0 aromatic carbocycles. The monoisotopic (exact) mass is 1800 g/mol. The predicted octanol–water partition coefficient (Wildman–Crippen LogP) is 9.41. The highest BCUT2D eigenvalue weighted by molar-refractivity contribution is 9.18. The van der Waals surface area contributed by atoms with Crippen molar-refractivity contribution in [1.29, 1.82) is 0 Å². The number of imidazole rings is 3. The Morgan fingerprint density at radius 3 is 1.40 bits per heavy atom. The molecule has 39 heteroatoms. The first kappa shape index (κ1) is 85.7. The first-order valence-corrected chi connectivity index (χ1v) is 45.9.